The third-order valence-electron chi connectivity index (χ3n) is 3.67. The quantitative estimate of drug-likeness (QED) is 0.653. The van der Waals surface area contributed by atoms with Gasteiger partial charge in [0, 0.05) is 13.1 Å². The third-order valence-corrected chi connectivity index (χ3v) is 3.67. The molecule has 0 saturated heterocycles. The summed E-state index contributed by atoms with van der Waals surface area (Å²) in [6.45, 7) is 3.05. The lowest BCUT2D eigenvalue weighted by atomic mass is 10.1. The number of rotatable bonds is 5. The molecule has 0 radical (unpaired) electrons. The van der Waals surface area contributed by atoms with Crippen LogP contribution >= 0.6 is 0 Å². The molecule has 0 heterocycles. The standard InChI is InChI=1S/C11H18N2O3/c1-10(2-3-10)6-12-9(16)13-7-11(4-5-11)8(14)15/h2-7H2,1H3,(H,14,15)(H2,12,13,16). The van der Waals surface area contributed by atoms with Crippen LogP contribution in [0, 0.1) is 10.8 Å². The summed E-state index contributed by atoms with van der Waals surface area (Å²) in [5, 5.41) is 14.3. The van der Waals surface area contributed by atoms with Gasteiger partial charge in [-0.05, 0) is 31.1 Å². The van der Waals surface area contributed by atoms with Crippen molar-refractivity contribution < 1.29 is 14.7 Å². The molecular weight excluding hydrogens is 208 g/mol. The maximum atomic E-state index is 11.4. The summed E-state index contributed by atoms with van der Waals surface area (Å²) in [4.78, 5) is 22.3. The Hall–Kier alpha value is -1.26. The molecule has 2 rings (SSSR count). The van der Waals surface area contributed by atoms with Crippen molar-refractivity contribution in [3.63, 3.8) is 0 Å². The number of carbonyl (C=O) groups is 2. The van der Waals surface area contributed by atoms with Crippen molar-refractivity contribution >= 4 is 12.0 Å². The van der Waals surface area contributed by atoms with E-state index < -0.39 is 11.4 Å². The maximum Gasteiger partial charge on any atom is 0.314 e. The van der Waals surface area contributed by atoms with E-state index in [0.717, 1.165) is 12.8 Å². The Kier molecular flexibility index (Phi) is 2.56. The highest BCUT2D eigenvalue weighted by atomic mass is 16.4. The van der Waals surface area contributed by atoms with Crippen LogP contribution in [-0.2, 0) is 4.79 Å². The van der Waals surface area contributed by atoms with Gasteiger partial charge in [-0.3, -0.25) is 4.79 Å². The molecule has 5 nitrogen and oxygen atoms in total. The van der Waals surface area contributed by atoms with E-state index in [2.05, 4.69) is 17.6 Å². The molecule has 90 valence electrons. The normalized spacial score (nSPS) is 23.3. The van der Waals surface area contributed by atoms with Crippen molar-refractivity contribution in [2.45, 2.75) is 32.6 Å². The molecule has 2 aliphatic carbocycles. The van der Waals surface area contributed by atoms with Crippen LogP contribution in [-0.4, -0.2) is 30.2 Å². The van der Waals surface area contributed by atoms with Crippen molar-refractivity contribution in [1.82, 2.24) is 10.6 Å². The summed E-state index contributed by atoms with van der Waals surface area (Å²) in [5.41, 5.74) is -0.401. The Labute approximate surface area is 94.6 Å². The molecular formula is C11H18N2O3. The van der Waals surface area contributed by atoms with Gasteiger partial charge in [0.25, 0.3) is 0 Å². The molecule has 16 heavy (non-hydrogen) atoms. The average molecular weight is 226 g/mol. The zero-order chi connectivity index (χ0) is 11.8. The van der Waals surface area contributed by atoms with Crippen molar-refractivity contribution in [2.24, 2.45) is 10.8 Å². The van der Waals surface area contributed by atoms with Gasteiger partial charge < -0.3 is 15.7 Å². The lowest BCUT2D eigenvalue weighted by molar-refractivity contribution is -0.143. The highest BCUT2D eigenvalue weighted by Crippen LogP contribution is 2.45. The number of aliphatic carboxylic acids is 1. The van der Waals surface area contributed by atoms with Crippen LogP contribution in [0.4, 0.5) is 4.79 Å². The second-order valence-electron chi connectivity index (χ2n) is 5.43. The zero-order valence-electron chi connectivity index (χ0n) is 9.51. The number of hydrogen-bond acceptors (Lipinski definition) is 2. The van der Waals surface area contributed by atoms with Crippen LogP contribution in [0.5, 0.6) is 0 Å². The Balaban J connectivity index is 1.66. The van der Waals surface area contributed by atoms with Crippen LogP contribution < -0.4 is 10.6 Å². The summed E-state index contributed by atoms with van der Waals surface area (Å²) in [5.74, 6) is -0.804. The third kappa shape index (κ3) is 2.46. The summed E-state index contributed by atoms with van der Waals surface area (Å²) in [7, 11) is 0. The number of nitrogens with one attached hydrogen (secondary N) is 2. The minimum absolute atomic E-state index is 0.241. The van der Waals surface area contributed by atoms with Gasteiger partial charge in [-0.2, -0.15) is 0 Å². The van der Waals surface area contributed by atoms with Gasteiger partial charge in [-0.15, -0.1) is 0 Å². The molecule has 0 aromatic carbocycles. The number of amides is 2. The zero-order valence-corrected chi connectivity index (χ0v) is 9.51. The first-order chi connectivity index (χ1) is 7.46. The molecule has 5 heteroatoms. The lowest BCUT2D eigenvalue weighted by Crippen LogP contribution is -2.42. The fourth-order valence-corrected chi connectivity index (χ4v) is 1.61. The van der Waals surface area contributed by atoms with E-state index in [0.29, 0.717) is 19.4 Å². The molecule has 0 spiro atoms. The van der Waals surface area contributed by atoms with Gasteiger partial charge in [-0.25, -0.2) is 4.79 Å². The molecule has 0 aromatic heterocycles. The Morgan fingerprint density at radius 1 is 1.12 bits per heavy atom. The van der Waals surface area contributed by atoms with Gasteiger partial charge >= 0.3 is 12.0 Å². The SMILES string of the molecule is CC1(CNC(=O)NCC2(C(=O)O)CC2)CC1. The fourth-order valence-electron chi connectivity index (χ4n) is 1.61. The van der Waals surface area contributed by atoms with Crippen LogP contribution in [0.25, 0.3) is 0 Å². The topological polar surface area (TPSA) is 78.4 Å². The van der Waals surface area contributed by atoms with E-state index >= 15 is 0 Å². The molecule has 2 aliphatic rings. The average Bonchev–Trinajstić information content (AvgIpc) is 3.10. The molecule has 2 fully saturated rings. The van der Waals surface area contributed by atoms with Crippen LogP contribution in [0.2, 0.25) is 0 Å². The number of hydrogen-bond donors (Lipinski definition) is 3. The molecule has 2 saturated carbocycles. The van der Waals surface area contributed by atoms with E-state index in [9.17, 15) is 9.59 Å². The van der Waals surface area contributed by atoms with Crippen LogP contribution in [0.3, 0.4) is 0 Å². The Morgan fingerprint density at radius 2 is 1.69 bits per heavy atom. The lowest BCUT2D eigenvalue weighted by Gasteiger charge is -2.14. The fraction of sp³-hybridized carbons (Fsp3) is 0.818. The minimum atomic E-state index is -0.804. The highest BCUT2D eigenvalue weighted by molar-refractivity contribution is 5.80. The van der Waals surface area contributed by atoms with Gasteiger partial charge in [0.1, 0.15) is 0 Å². The molecule has 0 atom stereocenters. The van der Waals surface area contributed by atoms with Crippen molar-refractivity contribution in [1.29, 1.82) is 0 Å². The van der Waals surface area contributed by atoms with Crippen LogP contribution in [0.1, 0.15) is 32.6 Å². The number of carboxylic acids is 1. The summed E-state index contributed by atoms with van der Waals surface area (Å²) in [6.07, 6.45) is 3.65. The first kappa shape index (κ1) is 11.2. The largest absolute Gasteiger partial charge is 0.481 e. The summed E-state index contributed by atoms with van der Waals surface area (Å²) < 4.78 is 0. The number of carbonyl (C=O) groups excluding carboxylic acids is 1. The van der Waals surface area contributed by atoms with Gasteiger partial charge in [0.05, 0.1) is 5.41 Å². The van der Waals surface area contributed by atoms with Gasteiger partial charge in [-0.1, -0.05) is 6.92 Å². The van der Waals surface area contributed by atoms with Crippen LogP contribution in [0.15, 0.2) is 0 Å². The second-order valence-corrected chi connectivity index (χ2v) is 5.43. The first-order valence-corrected chi connectivity index (χ1v) is 5.71. The molecule has 2 amide bonds. The summed E-state index contributed by atoms with van der Waals surface area (Å²) >= 11 is 0. The van der Waals surface area contributed by atoms with Crippen molar-refractivity contribution in [2.75, 3.05) is 13.1 Å². The Morgan fingerprint density at radius 3 is 2.12 bits per heavy atom. The minimum Gasteiger partial charge on any atom is -0.481 e. The first-order valence-electron chi connectivity index (χ1n) is 5.71. The molecule has 0 unspecified atom stereocenters. The highest BCUT2D eigenvalue weighted by Gasteiger charge is 2.50. The predicted molar refractivity (Wildman–Crippen MR) is 58.0 cm³/mol. The number of carboxylic acid groups (broad SMARTS) is 1. The predicted octanol–water partition coefficient (Wildman–Crippen LogP) is 0.950. The molecule has 0 aromatic rings. The van der Waals surface area contributed by atoms with Crippen molar-refractivity contribution in [3.8, 4) is 0 Å². The van der Waals surface area contributed by atoms with Gasteiger partial charge in [0.15, 0.2) is 0 Å². The van der Waals surface area contributed by atoms with E-state index in [-0.39, 0.29) is 18.0 Å². The van der Waals surface area contributed by atoms with E-state index in [1.807, 2.05) is 0 Å². The smallest absolute Gasteiger partial charge is 0.314 e. The monoisotopic (exact) mass is 226 g/mol. The molecule has 3 N–H and O–H groups in total. The molecule has 0 bridgehead atoms. The van der Waals surface area contributed by atoms with E-state index in [1.54, 1.807) is 0 Å². The second kappa shape index (κ2) is 3.64. The Bertz CT molecular complexity index is 319. The maximum absolute atomic E-state index is 11.4. The van der Waals surface area contributed by atoms with Crippen molar-refractivity contribution in [3.05, 3.63) is 0 Å². The van der Waals surface area contributed by atoms with E-state index in [1.165, 1.54) is 0 Å². The molecule has 0 aliphatic heterocycles. The number of urea groups is 1. The summed E-state index contributed by atoms with van der Waals surface area (Å²) in [6, 6.07) is -0.249. The van der Waals surface area contributed by atoms with E-state index in [4.69, 9.17) is 5.11 Å². The van der Waals surface area contributed by atoms with Gasteiger partial charge in [0.2, 0.25) is 0 Å².